The summed E-state index contributed by atoms with van der Waals surface area (Å²) in [6.07, 6.45) is 0.985. The van der Waals surface area contributed by atoms with Crippen molar-refractivity contribution in [1.29, 1.82) is 0 Å². The fourth-order valence-electron chi connectivity index (χ4n) is 5.01. The maximum atomic E-state index is 13.0. The fraction of sp³-hybridized carbons (Fsp3) is 0.517. The van der Waals surface area contributed by atoms with Gasteiger partial charge < -0.3 is 41.4 Å². The number of nitrogens with one attached hydrogen (secondary N) is 3. The van der Waals surface area contributed by atoms with Gasteiger partial charge in [-0.1, -0.05) is 4.98 Å². The molecule has 1 aromatic carbocycles. The number of amides is 3. The predicted molar refractivity (Wildman–Crippen MR) is 177 cm³/mol. The molecule has 3 rings (SSSR count). The van der Waals surface area contributed by atoms with Crippen LogP contribution in [0.1, 0.15) is 6.42 Å². The SMILES string of the molecule is O=C(O)CN1CCN(CC(=O)O)CCN(CC(=O)Nc2ccc(NC(=O)CCNC(=O)Cn3cnc([N+](=O)[O-])n3)cc2)CCN(CC(=O)O)CC1. The Morgan fingerprint density at radius 1 is 0.647 bits per heavy atom. The van der Waals surface area contributed by atoms with E-state index in [1.807, 2.05) is 0 Å². The molecule has 0 radical (unpaired) electrons. The summed E-state index contributed by atoms with van der Waals surface area (Å²) >= 11 is 0. The van der Waals surface area contributed by atoms with Crippen molar-refractivity contribution in [3.8, 4) is 0 Å². The summed E-state index contributed by atoms with van der Waals surface area (Å²) in [5, 5.41) is 50.2. The van der Waals surface area contributed by atoms with E-state index in [1.54, 1.807) is 43.9 Å². The lowest BCUT2D eigenvalue weighted by molar-refractivity contribution is -0.394. The molecule has 1 aliphatic heterocycles. The minimum atomic E-state index is -1.05. The Morgan fingerprint density at radius 2 is 1.06 bits per heavy atom. The molecule has 1 saturated heterocycles. The van der Waals surface area contributed by atoms with Crippen molar-refractivity contribution >= 4 is 53.0 Å². The number of carbonyl (C=O) groups is 6. The molecule has 1 fully saturated rings. The number of benzene rings is 1. The summed E-state index contributed by atoms with van der Waals surface area (Å²) in [6, 6.07) is 6.30. The van der Waals surface area contributed by atoms with E-state index >= 15 is 0 Å². The molecular formula is C29H41N11O11. The van der Waals surface area contributed by atoms with E-state index in [-0.39, 0.29) is 104 Å². The van der Waals surface area contributed by atoms with E-state index in [0.717, 1.165) is 11.0 Å². The molecule has 0 unspecified atom stereocenters. The summed E-state index contributed by atoms with van der Waals surface area (Å²) < 4.78 is 0.999. The van der Waals surface area contributed by atoms with Crippen LogP contribution in [0.4, 0.5) is 17.3 Å². The maximum Gasteiger partial charge on any atom is 0.490 e. The van der Waals surface area contributed by atoms with Crippen molar-refractivity contribution in [3.63, 3.8) is 0 Å². The number of carboxylic acids is 3. The van der Waals surface area contributed by atoms with Crippen LogP contribution in [0.25, 0.3) is 0 Å². The van der Waals surface area contributed by atoms with Gasteiger partial charge in [0.15, 0.2) is 0 Å². The van der Waals surface area contributed by atoms with Gasteiger partial charge in [-0.05, 0) is 29.2 Å². The Hall–Kier alpha value is -5.58. The first-order valence-corrected chi connectivity index (χ1v) is 15.8. The molecule has 6 N–H and O–H groups in total. The Kier molecular flexibility index (Phi) is 15.8. The quantitative estimate of drug-likeness (QED) is 0.0789. The first kappa shape index (κ1) is 39.9. The number of carboxylic acid groups (broad SMARTS) is 3. The van der Waals surface area contributed by atoms with Gasteiger partial charge in [0.25, 0.3) is 0 Å². The third-order valence-electron chi connectivity index (χ3n) is 7.49. The lowest BCUT2D eigenvalue weighted by Crippen LogP contribution is -2.49. The van der Waals surface area contributed by atoms with Crippen molar-refractivity contribution in [3.05, 3.63) is 40.7 Å². The third kappa shape index (κ3) is 15.7. The van der Waals surface area contributed by atoms with Gasteiger partial charge in [0.2, 0.25) is 24.0 Å². The van der Waals surface area contributed by atoms with Gasteiger partial charge in [0, 0.05) is 81.8 Å². The van der Waals surface area contributed by atoms with Crippen LogP contribution in [-0.2, 0) is 35.3 Å². The summed E-state index contributed by atoms with van der Waals surface area (Å²) in [5.74, 6) is -5.08. The van der Waals surface area contributed by atoms with Gasteiger partial charge in [0.1, 0.15) is 6.54 Å². The first-order valence-electron chi connectivity index (χ1n) is 15.8. The maximum absolute atomic E-state index is 13.0. The standard InChI is InChI=1S/C29H41N11O11/c41-23(5-6-30-24(42)16-39-20-31-29(34-39)40(50)51)32-21-1-3-22(4-2-21)33-25(43)15-35-7-9-36(17-26(44)45)11-13-38(19-28(48)49)14-12-37(10-8-35)18-27(46)47/h1-4,20H,5-19H2,(H,30,42)(H,32,41)(H,33,43)(H,44,45)(H,46,47)(H,48,49). The fourth-order valence-corrected chi connectivity index (χ4v) is 5.01. The normalized spacial score (nSPS) is 15.5. The molecule has 1 aromatic heterocycles. The Labute approximate surface area is 291 Å². The molecule has 1 aliphatic rings. The molecule has 22 nitrogen and oxygen atoms in total. The highest BCUT2D eigenvalue weighted by molar-refractivity contribution is 5.94. The number of rotatable bonds is 16. The zero-order valence-electron chi connectivity index (χ0n) is 27.7. The van der Waals surface area contributed by atoms with Gasteiger partial charge in [-0.15, -0.1) is 0 Å². The number of nitro groups is 1. The van der Waals surface area contributed by atoms with Crippen LogP contribution < -0.4 is 16.0 Å². The second kappa shape index (κ2) is 20.2. The predicted octanol–water partition coefficient (Wildman–Crippen LogP) is -2.25. The Morgan fingerprint density at radius 3 is 1.45 bits per heavy atom. The molecule has 0 spiro atoms. The van der Waals surface area contributed by atoms with Gasteiger partial charge in [-0.2, -0.15) is 4.68 Å². The lowest BCUT2D eigenvalue weighted by Gasteiger charge is -2.32. The van der Waals surface area contributed by atoms with Crippen LogP contribution in [0, 0.1) is 10.1 Å². The van der Waals surface area contributed by atoms with Crippen molar-refractivity contribution < 1.29 is 49.0 Å². The second-order valence-corrected chi connectivity index (χ2v) is 11.6. The molecule has 2 aromatic rings. The molecule has 0 atom stereocenters. The van der Waals surface area contributed by atoms with Crippen LogP contribution >= 0.6 is 0 Å². The van der Waals surface area contributed by atoms with Crippen LogP contribution in [0.3, 0.4) is 0 Å². The van der Waals surface area contributed by atoms with Crippen LogP contribution in [0.5, 0.6) is 0 Å². The molecule has 0 aliphatic carbocycles. The van der Waals surface area contributed by atoms with Crippen molar-refractivity contribution in [1.82, 2.24) is 39.7 Å². The van der Waals surface area contributed by atoms with Crippen LogP contribution in [-0.4, -0.2) is 175 Å². The zero-order chi connectivity index (χ0) is 37.3. The number of carbonyl (C=O) groups excluding carboxylic acids is 3. The number of hydrogen-bond acceptors (Lipinski definition) is 14. The minimum absolute atomic E-state index is 0.00258. The highest BCUT2D eigenvalue weighted by Gasteiger charge is 2.21. The number of aliphatic carboxylic acids is 3. The van der Waals surface area contributed by atoms with E-state index in [9.17, 15) is 54.2 Å². The smallest absolute Gasteiger partial charge is 0.480 e. The van der Waals surface area contributed by atoms with E-state index in [1.165, 1.54) is 0 Å². The van der Waals surface area contributed by atoms with Crippen LogP contribution in [0.2, 0.25) is 0 Å². The number of hydrogen-bond donors (Lipinski definition) is 6. The topological polar surface area (TPSA) is 286 Å². The lowest BCUT2D eigenvalue weighted by atomic mass is 10.2. The molecule has 22 heteroatoms. The molecular weight excluding hydrogens is 678 g/mol. The highest BCUT2D eigenvalue weighted by atomic mass is 16.6. The molecule has 0 bridgehead atoms. The largest absolute Gasteiger partial charge is 0.490 e. The van der Waals surface area contributed by atoms with E-state index in [0.29, 0.717) is 11.4 Å². The van der Waals surface area contributed by atoms with Crippen molar-refractivity contribution in [2.75, 3.05) is 95.7 Å². The third-order valence-corrected chi connectivity index (χ3v) is 7.49. The van der Waals surface area contributed by atoms with E-state index in [4.69, 9.17) is 0 Å². The van der Waals surface area contributed by atoms with Gasteiger partial charge >= 0.3 is 23.9 Å². The molecule has 3 amide bonds. The average Bonchev–Trinajstić information content (AvgIpc) is 3.51. The monoisotopic (exact) mass is 719 g/mol. The van der Waals surface area contributed by atoms with Crippen LogP contribution in [0.15, 0.2) is 30.6 Å². The molecule has 278 valence electrons. The Balaban J connectivity index is 1.51. The number of nitrogens with zero attached hydrogens (tertiary/aromatic N) is 8. The number of aromatic nitrogens is 3. The second-order valence-electron chi connectivity index (χ2n) is 11.6. The summed E-state index contributed by atoms with van der Waals surface area (Å²) in [7, 11) is 0. The molecule has 0 saturated carbocycles. The average molecular weight is 720 g/mol. The van der Waals surface area contributed by atoms with E-state index in [2.05, 4.69) is 26.0 Å². The number of anilines is 2. The first-order chi connectivity index (χ1) is 24.2. The van der Waals surface area contributed by atoms with Crippen molar-refractivity contribution in [2.24, 2.45) is 0 Å². The van der Waals surface area contributed by atoms with Gasteiger partial charge in [0.05, 0.1) is 26.2 Å². The van der Waals surface area contributed by atoms with Gasteiger partial charge in [-0.3, -0.25) is 48.4 Å². The van der Waals surface area contributed by atoms with Crippen molar-refractivity contribution in [2.45, 2.75) is 13.0 Å². The molecule has 2 heterocycles. The molecule has 51 heavy (non-hydrogen) atoms. The van der Waals surface area contributed by atoms with E-state index < -0.39 is 40.6 Å². The summed E-state index contributed by atoms with van der Waals surface area (Å²) in [4.78, 5) is 91.8. The summed E-state index contributed by atoms with van der Waals surface area (Å²) in [6.45, 7) is 0.929. The zero-order valence-corrected chi connectivity index (χ0v) is 27.7. The highest BCUT2D eigenvalue weighted by Crippen LogP contribution is 2.14. The Bertz CT molecular complexity index is 1500. The van der Waals surface area contributed by atoms with Gasteiger partial charge in [-0.25, -0.2) is 0 Å². The minimum Gasteiger partial charge on any atom is -0.480 e. The summed E-state index contributed by atoms with van der Waals surface area (Å²) in [5.41, 5.74) is 0.868.